The van der Waals surface area contributed by atoms with E-state index in [4.69, 9.17) is 18.9 Å². The number of para-hydroxylation sites is 2. The summed E-state index contributed by atoms with van der Waals surface area (Å²) < 4.78 is 21.6. The van der Waals surface area contributed by atoms with Crippen molar-refractivity contribution in [1.82, 2.24) is 5.32 Å². The first-order valence-corrected chi connectivity index (χ1v) is 10.5. The monoisotopic (exact) mass is 449 g/mol. The van der Waals surface area contributed by atoms with Crippen molar-refractivity contribution in [3.63, 3.8) is 0 Å². The number of rotatable bonds is 9. The van der Waals surface area contributed by atoms with Gasteiger partial charge in [0.15, 0.2) is 23.0 Å². The van der Waals surface area contributed by atoms with Crippen molar-refractivity contribution < 1.29 is 28.5 Å². The molecule has 1 N–H and O–H groups in total. The Balaban J connectivity index is 1.68. The molecule has 172 valence electrons. The molecule has 0 saturated heterocycles. The van der Waals surface area contributed by atoms with Gasteiger partial charge in [0.2, 0.25) is 5.91 Å². The Morgan fingerprint density at radius 1 is 1.00 bits per heavy atom. The minimum atomic E-state index is -0.452. The van der Waals surface area contributed by atoms with Crippen LogP contribution in [0.1, 0.15) is 25.3 Å². The van der Waals surface area contributed by atoms with Gasteiger partial charge in [-0.25, -0.2) is 0 Å². The molecule has 0 radical (unpaired) electrons. The summed E-state index contributed by atoms with van der Waals surface area (Å²) >= 11 is 0. The van der Waals surface area contributed by atoms with Crippen LogP contribution < -0.4 is 24.3 Å². The third kappa shape index (κ3) is 6.74. The van der Waals surface area contributed by atoms with E-state index in [9.17, 15) is 9.59 Å². The van der Waals surface area contributed by atoms with Gasteiger partial charge in [-0.2, -0.15) is 0 Å². The van der Waals surface area contributed by atoms with Crippen molar-refractivity contribution >= 4 is 18.0 Å². The summed E-state index contributed by atoms with van der Waals surface area (Å²) in [5.41, 5.74) is 2.41. The molecule has 1 aliphatic carbocycles. The van der Waals surface area contributed by atoms with Gasteiger partial charge in [0.05, 0.1) is 14.2 Å². The first-order chi connectivity index (χ1) is 16.0. The second kappa shape index (κ2) is 11.6. The second-order valence-corrected chi connectivity index (χ2v) is 7.21. The van der Waals surface area contributed by atoms with Crippen molar-refractivity contribution in [2.24, 2.45) is 0 Å². The molecule has 0 unspecified atom stereocenters. The molecule has 0 saturated carbocycles. The second-order valence-electron chi connectivity index (χ2n) is 7.21. The molecule has 0 aromatic heterocycles. The Hall–Kier alpha value is -4.00. The van der Waals surface area contributed by atoms with Crippen LogP contribution in [-0.4, -0.2) is 32.7 Å². The maximum absolute atomic E-state index is 12.6. The van der Waals surface area contributed by atoms with Gasteiger partial charge in [0.25, 0.3) is 0 Å². The molecule has 1 aliphatic rings. The van der Waals surface area contributed by atoms with Crippen LogP contribution in [-0.2, 0) is 9.59 Å². The molecule has 0 bridgehead atoms. The number of benzene rings is 2. The lowest BCUT2D eigenvalue weighted by Crippen LogP contribution is -2.24. The highest BCUT2D eigenvalue weighted by Crippen LogP contribution is 2.29. The average Bonchev–Trinajstić information content (AvgIpc) is 2.82. The summed E-state index contributed by atoms with van der Waals surface area (Å²) in [6, 6.07) is 12.5. The van der Waals surface area contributed by atoms with E-state index < -0.39 is 5.97 Å². The van der Waals surface area contributed by atoms with Crippen LogP contribution in [0.3, 0.4) is 0 Å². The molecule has 7 nitrogen and oxygen atoms in total. The van der Waals surface area contributed by atoms with Gasteiger partial charge in [0, 0.05) is 24.3 Å². The Bertz CT molecular complexity index is 1100. The zero-order valence-electron chi connectivity index (χ0n) is 18.9. The lowest BCUT2D eigenvalue weighted by molar-refractivity contribution is -0.132. The number of methoxy groups -OCH3 is 2. The number of nitrogens with one attached hydrogen (secondary N) is 1. The van der Waals surface area contributed by atoms with Gasteiger partial charge in [-0.3, -0.25) is 9.59 Å². The predicted molar refractivity (Wildman–Crippen MR) is 125 cm³/mol. The number of amides is 1. The minimum absolute atomic E-state index is 0.264. The number of ether oxygens (including phenoxy) is 4. The maximum Gasteiger partial charge on any atom is 0.308 e. The Morgan fingerprint density at radius 2 is 1.73 bits per heavy atom. The number of hydrogen-bond acceptors (Lipinski definition) is 6. The van der Waals surface area contributed by atoms with E-state index in [0.29, 0.717) is 41.6 Å². The highest BCUT2D eigenvalue weighted by Gasteiger charge is 2.13. The van der Waals surface area contributed by atoms with Crippen molar-refractivity contribution in [2.45, 2.75) is 19.8 Å². The molecule has 0 atom stereocenters. The van der Waals surface area contributed by atoms with Crippen molar-refractivity contribution in [1.29, 1.82) is 0 Å². The summed E-state index contributed by atoms with van der Waals surface area (Å²) in [5, 5.41) is 2.95. The summed E-state index contributed by atoms with van der Waals surface area (Å²) in [4.78, 5) is 23.9. The molecule has 2 aromatic carbocycles. The number of carbonyl (C=O) groups excluding carboxylic acids is 2. The first-order valence-electron chi connectivity index (χ1n) is 10.5. The third-order valence-electron chi connectivity index (χ3n) is 4.86. The quantitative estimate of drug-likeness (QED) is 0.346. The van der Waals surface area contributed by atoms with Crippen molar-refractivity contribution in [3.05, 3.63) is 77.5 Å². The summed E-state index contributed by atoms with van der Waals surface area (Å²) in [5.74, 6) is 1.31. The SMILES string of the molecule is COc1ccccc1OCC1=C(NC(=O)/C=C/c2ccc(OC)c(OC(C)=O)c2)CCC=C1. The zero-order chi connectivity index (χ0) is 23.6. The largest absolute Gasteiger partial charge is 0.493 e. The molecule has 0 spiro atoms. The van der Waals surface area contributed by atoms with Crippen LogP contribution in [0, 0.1) is 0 Å². The van der Waals surface area contributed by atoms with Crippen LogP contribution in [0.15, 0.2) is 72.0 Å². The van der Waals surface area contributed by atoms with E-state index in [2.05, 4.69) is 11.4 Å². The molecule has 0 aliphatic heterocycles. The summed E-state index contributed by atoms with van der Waals surface area (Å²) in [7, 11) is 3.09. The summed E-state index contributed by atoms with van der Waals surface area (Å²) in [6.45, 7) is 1.62. The van der Waals surface area contributed by atoms with E-state index in [1.165, 1.54) is 20.1 Å². The van der Waals surface area contributed by atoms with Crippen LogP contribution in [0.5, 0.6) is 23.0 Å². The molecule has 7 heteroatoms. The number of esters is 1. The standard InChI is InChI=1S/C26H27NO6/c1-18(28)33-25-16-19(12-14-23(25)31-3)13-15-26(29)27-21-9-5-4-8-20(21)17-32-24-11-7-6-10-22(24)30-2/h4,6-8,10-16H,5,9,17H2,1-3H3,(H,27,29)/b15-13+. The third-order valence-corrected chi connectivity index (χ3v) is 4.86. The average molecular weight is 450 g/mol. The zero-order valence-corrected chi connectivity index (χ0v) is 18.9. The van der Waals surface area contributed by atoms with Gasteiger partial charge >= 0.3 is 5.97 Å². The van der Waals surface area contributed by atoms with E-state index in [0.717, 1.165) is 17.7 Å². The van der Waals surface area contributed by atoms with E-state index in [1.54, 1.807) is 31.4 Å². The molecular formula is C26H27NO6. The fraction of sp³-hybridized carbons (Fsp3) is 0.231. The van der Waals surface area contributed by atoms with Crippen LogP contribution in [0.2, 0.25) is 0 Å². The topological polar surface area (TPSA) is 83.1 Å². The minimum Gasteiger partial charge on any atom is -0.493 e. The van der Waals surface area contributed by atoms with E-state index >= 15 is 0 Å². The van der Waals surface area contributed by atoms with Crippen molar-refractivity contribution in [2.75, 3.05) is 20.8 Å². The van der Waals surface area contributed by atoms with Crippen molar-refractivity contribution in [3.8, 4) is 23.0 Å². The first kappa shape index (κ1) is 23.7. The predicted octanol–water partition coefficient (Wildman–Crippen LogP) is 4.44. The number of hydrogen-bond donors (Lipinski definition) is 1. The van der Waals surface area contributed by atoms with Crippen LogP contribution in [0.25, 0.3) is 6.08 Å². The highest BCUT2D eigenvalue weighted by atomic mass is 16.6. The maximum atomic E-state index is 12.6. The molecule has 3 rings (SSSR count). The Kier molecular flexibility index (Phi) is 8.30. The highest BCUT2D eigenvalue weighted by molar-refractivity contribution is 5.93. The van der Waals surface area contributed by atoms with Gasteiger partial charge in [-0.1, -0.05) is 30.4 Å². The lowest BCUT2D eigenvalue weighted by Gasteiger charge is -2.18. The van der Waals surface area contributed by atoms with Gasteiger partial charge in [0.1, 0.15) is 6.61 Å². The normalized spacial score (nSPS) is 13.1. The van der Waals surface area contributed by atoms with Gasteiger partial charge in [-0.05, 0) is 48.7 Å². The van der Waals surface area contributed by atoms with Crippen LogP contribution in [0.4, 0.5) is 0 Å². The van der Waals surface area contributed by atoms with Gasteiger partial charge in [-0.15, -0.1) is 0 Å². The van der Waals surface area contributed by atoms with Gasteiger partial charge < -0.3 is 24.3 Å². The number of allylic oxidation sites excluding steroid dienone is 2. The number of carbonyl (C=O) groups is 2. The fourth-order valence-corrected chi connectivity index (χ4v) is 3.28. The molecular weight excluding hydrogens is 422 g/mol. The smallest absolute Gasteiger partial charge is 0.308 e. The van der Waals surface area contributed by atoms with E-state index in [-0.39, 0.29) is 5.91 Å². The Morgan fingerprint density at radius 3 is 2.45 bits per heavy atom. The lowest BCUT2D eigenvalue weighted by atomic mass is 10.0. The fourth-order valence-electron chi connectivity index (χ4n) is 3.28. The molecule has 0 heterocycles. The van der Waals surface area contributed by atoms with Crippen LogP contribution >= 0.6 is 0 Å². The molecule has 1 amide bonds. The molecule has 33 heavy (non-hydrogen) atoms. The Labute approximate surface area is 193 Å². The molecule has 2 aromatic rings. The van der Waals surface area contributed by atoms with E-state index in [1.807, 2.05) is 30.3 Å². The molecule has 0 fully saturated rings. The summed E-state index contributed by atoms with van der Waals surface area (Å²) in [6.07, 6.45) is 8.64.